The van der Waals surface area contributed by atoms with Gasteiger partial charge >= 0.3 is 0 Å². The van der Waals surface area contributed by atoms with Gasteiger partial charge in [0.1, 0.15) is 5.82 Å². The molecule has 0 N–H and O–H groups in total. The first kappa shape index (κ1) is 19.5. The van der Waals surface area contributed by atoms with Gasteiger partial charge in [-0.05, 0) is 33.4 Å². The molecule has 3 nitrogen and oxygen atoms in total. The van der Waals surface area contributed by atoms with E-state index in [4.69, 9.17) is 0 Å². The monoisotopic (exact) mass is 255 g/mol. The smallest absolute Gasteiger partial charge is 0.110 e. The van der Waals surface area contributed by atoms with Crippen LogP contribution in [0, 0.1) is 0 Å². The predicted octanol–water partition coefficient (Wildman–Crippen LogP) is 3.92. The van der Waals surface area contributed by atoms with E-state index in [2.05, 4.69) is 37.6 Å². The molecule has 1 saturated heterocycles. The molecule has 2 rings (SSSR count). The van der Waals surface area contributed by atoms with E-state index in [1.807, 2.05) is 24.0 Å². The topological polar surface area (TPSA) is 21.1 Å². The summed E-state index contributed by atoms with van der Waals surface area (Å²) in [5.41, 5.74) is 0. The zero-order valence-corrected chi connectivity index (χ0v) is 11.3. The predicted molar refractivity (Wildman–Crippen MR) is 82.1 cm³/mol. The maximum Gasteiger partial charge on any atom is 0.110 e. The third-order valence-electron chi connectivity index (χ3n) is 3.00. The molecule has 0 unspecified atom stereocenters. The van der Waals surface area contributed by atoms with Crippen LogP contribution in [0.4, 0.5) is 0 Å². The van der Waals surface area contributed by atoms with Crippen LogP contribution < -0.4 is 0 Å². The van der Waals surface area contributed by atoms with E-state index in [0.717, 1.165) is 11.9 Å². The summed E-state index contributed by atoms with van der Waals surface area (Å²) in [5, 5.41) is 0. The molecule has 108 valence electrons. The number of imidazole rings is 1. The lowest BCUT2D eigenvalue weighted by atomic mass is 10.2. The minimum atomic E-state index is 0. The Kier molecular flexibility index (Phi) is 9.91. The molecular weight excluding hydrogens is 222 g/mol. The van der Waals surface area contributed by atoms with Crippen molar-refractivity contribution in [2.45, 2.75) is 60.9 Å². The van der Waals surface area contributed by atoms with E-state index < -0.39 is 0 Å². The summed E-state index contributed by atoms with van der Waals surface area (Å²) in [5.74, 6) is 1.68. The Labute approximate surface area is 114 Å². The molecule has 1 aliphatic heterocycles. The van der Waals surface area contributed by atoms with Crippen molar-refractivity contribution in [1.29, 1.82) is 0 Å². The average molecular weight is 255 g/mol. The van der Waals surface area contributed by atoms with Gasteiger partial charge in [-0.3, -0.25) is 0 Å². The van der Waals surface area contributed by atoms with Gasteiger partial charge in [0, 0.05) is 31.4 Å². The molecule has 1 aliphatic rings. The molecule has 1 aromatic heterocycles. The summed E-state index contributed by atoms with van der Waals surface area (Å²) in [6, 6.07) is 0.786. The van der Waals surface area contributed by atoms with Crippen molar-refractivity contribution in [2.75, 3.05) is 13.1 Å². The van der Waals surface area contributed by atoms with Crippen LogP contribution in [0.1, 0.15) is 60.7 Å². The van der Waals surface area contributed by atoms with Crippen molar-refractivity contribution in [3.05, 3.63) is 18.2 Å². The third kappa shape index (κ3) is 5.67. The Morgan fingerprint density at radius 1 is 1.11 bits per heavy atom. The molecule has 1 aromatic rings. The average Bonchev–Trinajstić information content (AvgIpc) is 2.47. The van der Waals surface area contributed by atoms with Crippen LogP contribution in [0.15, 0.2) is 12.4 Å². The highest BCUT2D eigenvalue weighted by atomic mass is 15.2. The Balaban J connectivity index is 0. The Morgan fingerprint density at radius 2 is 1.67 bits per heavy atom. The minimum absolute atomic E-state index is 0. The van der Waals surface area contributed by atoms with Crippen LogP contribution in [-0.2, 0) is 7.05 Å². The molecule has 2 heterocycles. The Bertz CT molecular complexity index is 298. The largest absolute Gasteiger partial charge is 0.338 e. The number of nitrogens with zero attached hydrogens (tertiary/aromatic N) is 3. The fraction of sp³-hybridized carbons (Fsp3) is 0.800. The van der Waals surface area contributed by atoms with E-state index in [1.54, 1.807) is 0 Å². The number of rotatable bonds is 2. The first-order valence-electron chi connectivity index (χ1n) is 6.23. The second kappa shape index (κ2) is 9.15. The second-order valence-corrected chi connectivity index (χ2v) is 5.03. The number of aryl methyl sites for hydroxylation is 1. The lowest BCUT2D eigenvalue weighted by Crippen LogP contribution is -2.41. The quantitative estimate of drug-likeness (QED) is 0.799. The van der Waals surface area contributed by atoms with E-state index in [0.29, 0.717) is 5.92 Å². The van der Waals surface area contributed by atoms with Gasteiger partial charge in [0.05, 0.1) is 0 Å². The van der Waals surface area contributed by atoms with Gasteiger partial charge in [-0.25, -0.2) is 4.98 Å². The molecule has 0 atom stereocenters. The first-order chi connectivity index (χ1) is 7.52. The van der Waals surface area contributed by atoms with E-state index in [1.165, 1.54) is 19.5 Å². The van der Waals surface area contributed by atoms with E-state index >= 15 is 0 Å². The Morgan fingerprint density at radius 3 is 1.78 bits per heavy atom. The zero-order chi connectivity index (χ0) is 12.1. The van der Waals surface area contributed by atoms with Gasteiger partial charge in [-0.1, -0.05) is 28.7 Å². The fourth-order valence-electron chi connectivity index (χ4n) is 1.79. The minimum Gasteiger partial charge on any atom is -0.338 e. The molecule has 18 heavy (non-hydrogen) atoms. The molecule has 0 aromatic carbocycles. The summed E-state index contributed by atoms with van der Waals surface area (Å²) >= 11 is 0. The number of hydrogen-bond donors (Lipinski definition) is 0. The van der Waals surface area contributed by atoms with Crippen LogP contribution >= 0.6 is 0 Å². The highest BCUT2D eigenvalue weighted by molar-refractivity contribution is 4.95. The third-order valence-corrected chi connectivity index (χ3v) is 3.00. The maximum absolute atomic E-state index is 4.18. The normalized spacial score (nSPS) is 14.2. The van der Waals surface area contributed by atoms with Gasteiger partial charge in [-0.15, -0.1) is 0 Å². The lowest BCUT2D eigenvalue weighted by molar-refractivity contribution is 0.138. The van der Waals surface area contributed by atoms with Crippen LogP contribution in [-0.4, -0.2) is 33.6 Å². The van der Waals surface area contributed by atoms with Crippen molar-refractivity contribution in [2.24, 2.45) is 7.05 Å². The van der Waals surface area contributed by atoms with E-state index in [-0.39, 0.29) is 14.9 Å². The summed E-state index contributed by atoms with van der Waals surface area (Å²) in [4.78, 5) is 6.65. The van der Waals surface area contributed by atoms with Crippen LogP contribution in [0.25, 0.3) is 0 Å². The maximum atomic E-state index is 4.18. The molecule has 1 fully saturated rings. The standard InChI is InChI=1S/C7H12N2.C6H13N.2CH4/c1-6(2)7-8-4-5-9(7)3;1-6(2)7-4-3-5-7;;/h4-6H,1-3H3;6H,3-5H2,1-2H3;2*1H4. The van der Waals surface area contributed by atoms with Gasteiger partial charge in [0.15, 0.2) is 0 Å². The van der Waals surface area contributed by atoms with Crippen molar-refractivity contribution < 1.29 is 0 Å². The molecule has 3 heteroatoms. The zero-order valence-electron chi connectivity index (χ0n) is 11.3. The van der Waals surface area contributed by atoms with Crippen molar-refractivity contribution >= 4 is 0 Å². The van der Waals surface area contributed by atoms with Crippen molar-refractivity contribution in [1.82, 2.24) is 14.5 Å². The van der Waals surface area contributed by atoms with Crippen molar-refractivity contribution in [3.63, 3.8) is 0 Å². The molecule has 0 amide bonds. The van der Waals surface area contributed by atoms with Crippen molar-refractivity contribution in [3.8, 4) is 0 Å². The SMILES string of the molecule is C.C.CC(C)N1CCC1.CC(C)c1nccn1C. The summed E-state index contributed by atoms with van der Waals surface area (Å²) < 4.78 is 2.05. The molecule has 0 radical (unpaired) electrons. The summed E-state index contributed by atoms with van der Waals surface area (Å²) in [6.45, 7) is 11.4. The summed E-state index contributed by atoms with van der Waals surface area (Å²) in [7, 11) is 2.02. The second-order valence-electron chi connectivity index (χ2n) is 5.03. The van der Waals surface area contributed by atoms with E-state index in [9.17, 15) is 0 Å². The Hall–Kier alpha value is -0.830. The van der Waals surface area contributed by atoms with Crippen LogP contribution in [0.5, 0.6) is 0 Å². The molecule has 0 bridgehead atoms. The van der Waals surface area contributed by atoms with Crippen LogP contribution in [0.2, 0.25) is 0 Å². The fourth-order valence-corrected chi connectivity index (χ4v) is 1.79. The number of aromatic nitrogens is 2. The number of likely N-dealkylation sites (tertiary alicyclic amines) is 1. The first-order valence-corrected chi connectivity index (χ1v) is 6.23. The molecular formula is C15H33N3. The molecule has 0 aliphatic carbocycles. The molecule has 0 saturated carbocycles. The van der Waals surface area contributed by atoms with Gasteiger partial charge < -0.3 is 9.47 Å². The molecule has 0 spiro atoms. The highest BCUT2D eigenvalue weighted by Gasteiger charge is 2.15. The summed E-state index contributed by atoms with van der Waals surface area (Å²) in [6.07, 6.45) is 5.21. The van der Waals surface area contributed by atoms with Gasteiger partial charge in [0.2, 0.25) is 0 Å². The van der Waals surface area contributed by atoms with Gasteiger partial charge in [0.25, 0.3) is 0 Å². The van der Waals surface area contributed by atoms with Crippen LogP contribution in [0.3, 0.4) is 0 Å². The number of hydrogen-bond acceptors (Lipinski definition) is 2. The highest BCUT2D eigenvalue weighted by Crippen LogP contribution is 2.09. The van der Waals surface area contributed by atoms with Gasteiger partial charge in [-0.2, -0.15) is 0 Å². The lowest BCUT2D eigenvalue weighted by Gasteiger charge is -2.34.